The number of sulfonamides is 1. The molecular weight excluding hydrogens is 498 g/mol. The SMILES string of the molecule is CNC(=O)[C@H](C)N(Cc1cccc(C)c1)C(=O)CN(c1ccc(Cl)cc1C)S(=O)(=O)c1ccccc1. The number of halogens is 1. The fraction of sp³-hybridized carbons (Fsp3) is 0.259. The molecule has 0 radical (unpaired) electrons. The Hall–Kier alpha value is -3.36. The molecule has 190 valence electrons. The minimum atomic E-state index is -4.11. The van der Waals surface area contributed by atoms with Crippen LogP contribution in [0.5, 0.6) is 0 Å². The van der Waals surface area contributed by atoms with Crippen LogP contribution in [0.15, 0.2) is 77.7 Å². The second kappa shape index (κ2) is 11.6. The lowest BCUT2D eigenvalue weighted by atomic mass is 10.1. The van der Waals surface area contributed by atoms with Gasteiger partial charge >= 0.3 is 0 Å². The highest BCUT2D eigenvalue weighted by Gasteiger charge is 2.32. The van der Waals surface area contributed by atoms with Gasteiger partial charge in [-0.3, -0.25) is 13.9 Å². The molecule has 0 saturated carbocycles. The number of hydrogen-bond acceptors (Lipinski definition) is 4. The van der Waals surface area contributed by atoms with Gasteiger partial charge in [-0.1, -0.05) is 59.6 Å². The molecule has 3 aromatic carbocycles. The third kappa shape index (κ3) is 6.25. The van der Waals surface area contributed by atoms with E-state index in [1.807, 2.05) is 31.2 Å². The molecule has 7 nitrogen and oxygen atoms in total. The highest BCUT2D eigenvalue weighted by Crippen LogP contribution is 2.29. The molecule has 0 aliphatic rings. The van der Waals surface area contributed by atoms with Crippen LogP contribution in [-0.2, 0) is 26.2 Å². The van der Waals surface area contributed by atoms with Gasteiger partial charge in [0.15, 0.2) is 0 Å². The van der Waals surface area contributed by atoms with Crippen molar-refractivity contribution < 1.29 is 18.0 Å². The summed E-state index contributed by atoms with van der Waals surface area (Å²) in [6, 6.07) is 19.5. The molecule has 0 fully saturated rings. The molecule has 2 amide bonds. The Balaban J connectivity index is 2.06. The molecule has 9 heteroatoms. The van der Waals surface area contributed by atoms with E-state index in [-0.39, 0.29) is 17.3 Å². The molecule has 1 atom stereocenters. The lowest BCUT2D eigenvalue weighted by Gasteiger charge is -2.32. The highest BCUT2D eigenvalue weighted by atomic mass is 35.5. The van der Waals surface area contributed by atoms with Gasteiger partial charge in [0.25, 0.3) is 10.0 Å². The van der Waals surface area contributed by atoms with Crippen LogP contribution in [0.3, 0.4) is 0 Å². The van der Waals surface area contributed by atoms with Gasteiger partial charge in [-0.15, -0.1) is 0 Å². The van der Waals surface area contributed by atoms with Crippen LogP contribution in [-0.4, -0.2) is 44.8 Å². The Morgan fingerprint density at radius 1 is 0.972 bits per heavy atom. The van der Waals surface area contributed by atoms with Gasteiger partial charge in [0.05, 0.1) is 10.6 Å². The molecule has 3 aromatic rings. The Bertz CT molecular complexity index is 1350. The van der Waals surface area contributed by atoms with E-state index in [1.54, 1.807) is 50.2 Å². The predicted molar refractivity (Wildman–Crippen MR) is 142 cm³/mol. The maximum atomic E-state index is 13.7. The van der Waals surface area contributed by atoms with Crippen molar-refractivity contribution in [3.63, 3.8) is 0 Å². The van der Waals surface area contributed by atoms with Crippen molar-refractivity contribution in [1.29, 1.82) is 0 Å². The van der Waals surface area contributed by atoms with E-state index in [0.29, 0.717) is 16.3 Å². The summed E-state index contributed by atoms with van der Waals surface area (Å²) >= 11 is 6.12. The van der Waals surface area contributed by atoms with Crippen molar-refractivity contribution in [2.45, 2.75) is 38.3 Å². The summed E-state index contributed by atoms with van der Waals surface area (Å²) < 4.78 is 28.5. The van der Waals surface area contributed by atoms with Crippen molar-refractivity contribution in [3.05, 3.63) is 94.5 Å². The molecule has 0 heterocycles. The third-order valence-corrected chi connectivity index (χ3v) is 7.90. The Labute approximate surface area is 217 Å². The van der Waals surface area contributed by atoms with Crippen molar-refractivity contribution in [1.82, 2.24) is 10.2 Å². The van der Waals surface area contributed by atoms with E-state index < -0.39 is 28.5 Å². The molecule has 0 spiro atoms. The van der Waals surface area contributed by atoms with Gasteiger partial charge < -0.3 is 10.2 Å². The number of benzene rings is 3. The quantitative estimate of drug-likeness (QED) is 0.449. The third-order valence-electron chi connectivity index (χ3n) is 5.89. The summed E-state index contributed by atoms with van der Waals surface area (Å²) in [5.74, 6) is -0.863. The lowest BCUT2D eigenvalue weighted by Crippen LogP contribution is -2.50. The molecule has 3 rings (SSSR count). The first kappa shape index (κ1) is 27.2. The summed E-state index contributed by atoms with van der Waals surface area (Å²) in [7, 11) is -2.61. The summed E-state index contributed by atoms with van der Waals surface area (Å²) in [6.07, 6.45) is 0. The first-order chi connectivity index (χ1) is 17.0. The van der Waals surface area contributed by atoms with Crippen LogP contribution in [0.25, 0.3) is 0 Å². The van der Waals surface area contributed by atoms with E-state index in [9.17, 15) is 18.0 Å². The van der Waals surface area contributed by atoms with Crippen molar-refractivity contribution in [2.75, 3.05) is 17.9 Å². The minimum absolute atomic E-state index is 0.0525. The van der Waals surface area contributed by atoms with E-state index in [4.69, 9.17) is 11.6 Å². The predicted octanol–water partition coefficient (Wildman–Crippen LogP) is 4.32. The minimum Gasteiger partial charge on any atom is -0.357 e. The van der Waals surface area contributed by atoms with Crippen LogP contribution >= 0.6 is 11.6 Å². The Kier molecular flexibility index (Phi) is 8.76. The van der Waals surface area contributed by atoms with Gasteiger partial charge in [0.2, 0.25) is 11.8 Å². The number of anilines is 1. The number of aryl methyl sites for hydroxylation is 2. The van der Waals surface area contributed by atoms with Crippen molar-refractivity contribution in [2.24, 2.45) is 0 Å². The zero-order valence-corrected chi connectivity index (χ0v) is 22.3. The molecule has 1 N–H and O–H groups in total. The van der Waals surface area contributed by atoms with Crippen LogP contribution < -0.4 is 9.62 Å². The van der Waals surface area contributed by atoms with Crippen molar-refractivity contribution >= 4 is 39.1 Å². The lowest BCUT2D eigenvalue weighted by molar-refractivity contribution is -0.139. The van der Waals surface area contributed by atoms with Gasteiger partial charge in [0.1, 0.15) is 12.6 Å². The first-order valence-corrected chi connectivity index (χ1v) is 13.3. The first-order valence-electron chi connectivity index (χ1n) is 11.4. The summed E-state index contributed by atoms with van der Waals surface area (Å²) in [5, 5.41) is 3.03. The second-order valence-corrected chi connectivity index (χ2v) is 10.9. The van der Waals surface area contributed by atoms with Gasteiger partial charge in [-0.25, -0.2) is 8.42 Å². The molecule has 0 aliphatic heterocycles. The molecule has 0 unspecified atom stereocenters. The van der Waals surface area contributed by atoms with Crippen molar-refractivity contribution in [3.8, 4) is 0 Å². The highest BCUT2D eigenvalue weighted by molar-refractivity contribution is 7.92. The van der Waals surface area contributed by atoms with Crippen LogP contribution in [0.4, 0.5) is 5.69 Å². The molecule has 0 aliphatic carbocycles. The Morgan fingerprint density at radius 2 is 1.67 bits per heavy atom. The largest absolute Gasteiger partial charge is 0.357 e. The van der Waals surface area contributed by atoms with Crippen LogP contribution in [0.2, 0.25) is 5.02 Å². The molecule has 0 aromatic heterocycles. The van der Waals surface area contributed by atoms with Gasteiger partial charge in [0, 0.05) is 18.6 Å². The summed E-state index contributed by atoms with van der Waals surface area (Å²) in [5.41, 5.74) is 2.77. The van der Waals surface area contributed by atoms with Crippen LogP contribution in [0, 0.1) is 13.8 Å². The van der Waals surface area contributed by atoms with E-state index in [0.717, 1.165) is 15.4 Å². The fourth-order valence-corrected chi connectivity index (χ4v) is 5.66. The number of carbonyl (C=O) groups is 2. The maximum absolute atomic E-state index is 13.7. The van der Waals surface area contributed by atoms with Gasteiger partial charge in [-0.05, 0) is 62.2 Å². The average Bonchev–Trinajstić information content (AvgIpc) is 2.85. The molecule has 0 bridgehead atoms. The fourth-order valence-electron chi connectivity index (χ4n) is 3.93. The number of carbonyl (C=O) groups excluding carboxylic acids is 2. The standard InChI is InChI=1S/C27H30ClN3O4S/c1-19-9-8-10-22(15-19)17-30(21(3)27(33)29-4)26(32)18-31(25-14-13-23(28)16-20(25)2)36(34,35)24-11-6-5-7-12-24/h5-16,21H,17-18H2,1-4H3,(H,29,33)/t21-/m0/s1. The van der Waals surface area contributed by atoms with E-state index >= 15 is 0 Å². The molecule has 36 heavy (non-hydrogen) atoms. The number of likely N-dealkylation sites (N-methyl/N-ethyl adjacent to an activating group) is 1. The zero-order valence-electron chi connectivity index (χ0n) is 20.7. The Morgan fingerprint density at radius 3 is 2.28 bits per heavy atom. The summed E-state index contributed by atoms with van der Waals surface area (Å²) in [6.45, 7) is 4.95. The average molecular weight is 528 g/mol. The normalized spacial score (nSPS) is 12.0. The van der Waals surface area contributed by atoms with E-state index in [1.165, 1.54) is 24.1 Å². The molecule has 0 saturated heterocycles. The van der Waals surface area contributed by atoms with Crippen LogP contribution in [0.1, 0.15) is 23.6 Å². The number of rotatable bonds is 9. The number of amides is 2. The molecular formula is C27H30ClN3O4S. The zero-order chi connectivity index (χ0) is 26.5. The van der Waals surface area contributed by atoms with Gasteiger partial charge in [-0.2, -0.15) is 0 Å². The summed E-state index contributed by atoms with van der Waals surface area (Å²) in [4.78, 5) is 27.7. The monoisotopic (exact) mass is 527 g/mol. The number of nitrogens with zero attached hydrogens (tertiary/aromatic N) is 2. The second-order valence-electron chi connectivity index (χ2n) is 8.56. The smallest absolute Gasteiger partial charge is 0.264 e. The maximum Gasteiger partial charge on any atom is 0.264 e. The van der Waals surface area contributed by atoms with E-state index in [2.05, 4.69) is 5.32 Å². The topological polar surface area (TPSA) is 86.8 Å². The number of hydrogen-bond donors (Lipinski definition) is 1. The number of nitrogens with one attached hydrogen (secondary N) is 1.